The van der Waals surface area contributed by atoms with Gasteiger partial charge in [-0.3, -0.25) is 4.79 Å². The minimum Gasteiger partial charge on any atom is -0.495 e. The van der Waals surface area contributed by atoms with Gasteiger partial charge in [0.05, 0.1) is 30.9 Å². The van der Waals surface area contributed by atoms with Gasteiger partial charge in [0.25, 0.3) is 0 Å². The number of methoxy groups -OCH3 is 1. The van der Waals surface area contributed by atoms with Crippen molar-refractivity contribution in [3.63, 3.8) is 0 Å². The van der Waals surface area contributed by atoms with E-state index in [2.05, 4.69) is 5.32 Å². The number of hydrogen-bond acceptors (Lipinski definition) is 5. The van der Waals surface area contributed by atoms with Crippen molar-refractivity contribution >= 4 is 50.9 Å². The number of carbonyl (C=O) groups excluding carboxylic acids is 1. The first kappa shape index (κ1) is 22.6. The highest BCUT2D eigenvalue weighted by Gasteiger charge is 2.27. The van der Waals surface area contributed by atoms with Gasteiger partial charge in [-0.1, -0.05) is 23.2 Å². The molecule has 1 fully saturated rings. The van der Waals surface area contributed by atoms with Crippen molar-refractivity contribution < 1.29 is 22.7 Å². The van der Waals surface area contributed by atoms with Gasteiger partial charge in [-0.05, 0) is 48.0 Å². The zero-order valence-electron chi connectivity index (χ0n) is 16.1. The summed E-state index contributed by atoms with van der Waals surface area (Å²) in [5.74, 6) is -0.149. The minimum absolute atomic E-state index is 0.0577. The van der Waals surface area contributed by atoms with Crippen LogP contribution in [0.4, 0.5) is 5.69 Å². The van der Waals surface area contributed by atoms with Gasteiger partial charge in [-0.15, -0.1) is 0 Å². The van der Waals surface area contributed by atoms with Crippen LogP contribution in [0.15, 0.2) is 47.4 Å². The van der Waals surface area contributed by atoms with Gasteiger partial charge in [0.1, 0.15) is 5.75 Å². The Hall–Kier alpha value is -2.10. The molecule has 1 heterocycles. The van der Waals surface area contributed by atoms with Crippen molar-refractivity contribution in [1.29, 1.82) is 0 Å². The summed E-state index contributed by atoms with van der Waals surface area (Å²) in [7, 11) is -2.28. The lowest BCUT2D eigenvalue weighted by atomic mass is 10.2. The predicted octanol–water partition coefficient (Wildman–Crippen LogP) is 3.67. The van der Waals surface area contributed by atoms with Gasteiger partial charge in [-0.25, -0.2) is 8.42 Å². The fourth-order valence-corrected chi connectivity index (χ4v) is 4.66. The molecule has 2 aromatic rings. The third-order valence-corrected chi connectivity index (χ3v) is 6.88. The summed E-state index contributed by atoms with van der Waals surface area (Å²) >= 11 is 12.0. The molecular weight excluding hydrogens is 451 g/mol. The Morgan fingerprint density at radius 2 is 1.90 bits per heavy atom. The average molecular weight is 471 g/mol. The maximum Gasteiger partial charge on any atom is 0.248 e. The van der Waals surface area contributed by atoms with E-state index < -0.39 is 15.9 Å². The zero-order chi connectivity index (χ0) is 21.7. The maximum atomic E-state index is 12.9. The smallest absolute Gasteiger partial charge is 0.248 e. The Morgan fingerprint density at radius 3 is 2.60 bits per heavy atom. The first-order valence-electron chi connectivity index (χ1n) is 9.01. The molecule has 0 aliphatic carbocycles. The summed E-state index contributed by atoms with van der Waals surface area (Å²) in [5.41, 5.74) is 0.814. The Morgan fingerprint density at radius 1 is 1.17 bits per heavy atom. The number of nitrogens with zero attached hydrogens (tertiary/aromatic N) is 1. The second kappa shape index (κ2) is 9.80. The van der Waals surface area contributed by atoms with Crippen molar-refractivity contribution in [2.45, 2.75) is 4.90 Å². The number of morpholine rings is 1. The van der Waals surface area contributed by atoms with Crippen LogP contribution in [-0.2, 0) is 19.6 Å². The molecule has 0 spiro atoms. The first-order valence-corrected chi connectivity index (χ1v) is 11.2. The summed E-state index contributed by atoms with van der Waals surface area (Å²) in [6.07, 6.45) is 2.80. The standard InChI is InChI=1S/C20H20Cl2N2O5S/c1-28-19-6-4-16(30(26,27)24-8-10-29-11-9-24)13-18(19)23-20(25)7-2-14-12-15(21)3-5-17(14)22/h2-7,12-13H,8-11H2,1H3,(H,23,25)/b7-2+. The van der Waals surface area contributed by atoms with E-state index in [0.29, 0.717) is 34.6 Å². The van der Waals surface area contributed by atoms with Crippen LogP contribution < -0.4 is 10.1 Å². The topological polar surface area (TPSA) is 84.9 Å². The molecule has 3 rings (SSSR count). The van der Waals surface area contributed by atoms with Crippen molar-refractivity contribution in [3.05, 3.63) is 58.1 Å². The molecule has 0 aromatic heterocycles. The fraction of sp³-hybridized carbons (Fsp3) is 0.250. The molecule has 0 bridgehead atoms. The molecule has 160 valence electrons. The zero-order valence-corrected chi connectivity index (χ0v) is 18.4. The number of sulfonamides is 1. The van der Waals surface area contributed by atoms with Crippen molar-refractivity contribution in [1.82, 2.24) is 4.31 Å². The van der Waals surface area contributed by atoms with E-state index in [1.807, 2.05) is 0 Å². The third-order valence-electron chi connectivity index (χ3n) is 4.41. The fourth-order valence-electron chi connectivity index (χ4n) is 2.86. The monoisotopic (exact) mass is 470 g/mol. The molecule has 0 atom stereocenters. The van der Waals surface area contributed by atoms with Gasteiger partial charge < -0.3 is 14.8 Å². The number of ether oxygens (including phenoxy) is 2. The Kier molecular flexibility index (Phi) is 7.38. The predicted molar refractivity (Wildman–Crippen MR) is 117 cm³/mol. The molecule has 2 aromatic carbocycles. The number of anilines is 1. The summed E-state index contributed by atoms with van der Waals surface area (Å²) < 4.78 is 37.6. The third kappa shape index (κ3) is 5.33. The van der Waals surface area contributed by atoms with E-state index in [1.165, 1.54) is 41.8 Å². The Balaban J connectivity index is 1.82. The summed E-state index contributed by atoms with van der Waals surface area (Å²) in [6.45, 7) is 1.24. The number of halogens is 2. The second-order valence-electron chi connectivity index (χ2n) is 6.37. The SMILES string of the molecule is COc1ccc(S(=O)(=O)N2CCOCC2)cc1NC(=O)/C=C/c1cc(Cl)ccc1Cl. The molecule has 30 heavy (non-hydrogen) atoms. The van der Waals surface area contributed by atoms with Crippen LogP contribution in [0.2, 0.25) is 10.0 Å². The number of nitrogens with one attached hydrogen (secondary N) is 1. The van der Waals surface area contributed by atoms with E-state index in [1.54, 1.807) is 18.2 Å². The Labute approximate surface area is 185 Å². The van der Waals surface area contributed by atoms with E-state index in [-0.39, 0.29) is 23.7 Å². The molecule has 1 aliphatic heterocycles. The van der Waals surface area contributed by atoms with Crippen molar-refractivity contribution in [3.8, 4) is 5.75 Å². The second-order valence-corrected chi connectivity index (χ2v) is 9.15. The molecule has 1 N–H and O–H groups in total. The number of carbonyl (C=O) groups is 1. The summed E-state index contributed by atoms with van der Waals surface area (Å²) in [4.78, 5) is 12.5. The van der Waals surface area contributed by atoms with Crippen LogP contribution in [0.1, 0.15) is 5.56 Å². The largest absolute Gasteiger partial charge is 0.495 e. The van der Waals surface area contributed by atoms with Gasteiger partial charge in [-0.2, -0.15) is 4.31 Å². The van der Waals surface area contributed by atoms with Crippen molar-refractivity contribution in [2.75, 3.05) is 38.7 Å². The Bertz CT molecular complexity index is 1070. The highest BCUT2D eigenvalue weighted by molar-refractivity contribution is 7.89. The first-order chi connectivity index (χ1) is 14.3. The molecule has 7 nitrogen and oxygen atoms in total. The highest BCUT2D eigenvalue weighted by atomic mass is 35.5. The van der Waals surface area contributed by atoms with Crippen LogP contribution in [0.3, 0.4) is 0 Å². The van der Waals surface area contributed by atoms with Crippen LogP contribution >= 0.6 is 23.2 Å². The number of hydrogen-bond donors (Lipinski definition) is 1. The number of rotatable bonds is 6. The normalized spacial score (nSPS) is 15.3. The lowest BCUT2D eigenvalue weighted by molar-refractivity contribution is -0.111. The highest BCUT2D eigenvalue weighted by Crippen LogP contribution is 2.29. The van der Waals surface area contributed by atoms with E-state index in [0.717, 1.165) is 0 Å². The molecule has 1 saturated heterocycles. The molecule has 1 amide bonds. The molecule has 0 unspecified atom stereocenters. The van der Waals surface area contributed by atoms with E-state index in [9.17, 15) is 13.2 Å². The minimum atomic E-state index is -3.71. The average Bonchev–Trinajstić information content (AvgIpc) is 2.75. The lowest BCUT2D eigenvalue weighted by Gasteiger charge is -2.26. The van der Waals surface area contributed by atoms with Crippen LogP contribution in [0.5, 0.6) is 5.75 Å². The molecule has 0 saturated carbocycles. The molecule has 1 aliphatic rings. The number of amides is 1. The van der Waals surface area contributed by atoms with Gasteiger partial charge in [0.2, 0.25) is 15.9 Å². The summed E-state index contributed by atoms with van der Waals surface area (Å²) in [6, 6.07) is 9.23. The summed E-state index contributed by atoms with van der Waals surface area (Å²) in [5, 5.41) is 3.58. The molecule has 10 heteroatoms. The van der Waals surface area contributed by atoms with E-state index >= 15 is 0 Å². The van der Waals surface area contributed by atoms with Gasteiger partial charge in [0, 0.05) is 29.2 Å². The van der Waals surface area contributed by atoms with Crippen molar-refractivity contribution in [2.24, 2.45) is 0 Å². The van der Waals surface area contributed by atoms with Crippen LogP contribution in [-0.4, -0.2) is 52.0 Å². The van der Waals surface area contributed by atoms with Crippen LogP contribution in [0.25, 0.3) is 6.08 Å². The quantitative estimate of drug-likeness (QED) is 0.650. The maximum absolute atomic E-state index is 12.9. The molecule has 0 radical (unpaired) electrons. The molecular formula is C20H20Cl2N2O5S. The van der Waals surface area contributed by atoms with Crippen LogP contribution in [0, 0.1) is 0 Å². The van der Waals surface area contributed by atoms with E-state index in [4.69, 9.17) is 32.7 Å². The van der Waals surface area contributed by atoms with Gasteiger partial charge in [0.15, 0.2) is 0 Å². The number of benzene rings is 2. The lowest BCUT2D eigenvalue weighted by Crippen LogP contribution is -2.40. The van der Waals surface area contributed by atoms with Gasteiger partial charge >= 0.3 is 0 Å².